The van der Waals surface area contributed by atoms with Crippen LogP contribution < -0.4 is 0 Å². The summed E-state index contributed by atoms with van der Waals surface area (Å²) in [4.78, 5) is 0. The van der Waals surface area contributed by atoms with Gasteiger partial charge in [0.05, 0.1) is 12.1 Å². The van der Waals surface area contributed by atoms with Crippen LogP contribution in [-0.2, 0) is 0 Å². The van der Waals surface area contributed by atoms with Crippen molar-refractivity contribution in [3.63, 3.8) is 0 Å². The summed E-state index contributed by atoms with van der Waals surface area (Å²) in [7, 11) is 0. The standard InChI is InChI=1S/C13H6N4/c14-5-11(6-15)9-1-2-12-10(3-9)4-13(12,7-16)8-17/h1-3,12H,4H2. The topological polar surface area (TPSA) is 95.2 Å². The molecule has 0 N–H and O–H groups in total. The predicted molar refractivity (Wildman–Crippen MR) is 57.2 cm³/mol. The van der Waals surface area contributed by atoms with E-state index in [-0.39, 0.29) is 11.5 Å². The predicted octanol–water partition coefficient (Wildman–Crippen LogP) is 1.88. The zero-order chi connectivity index (χ0) is 12.5. The zero-order valence-corrected chi connectivity index (χ0v) is 8.81. The molecule has 4 nitrogen and oxygen atoms in total. The maximum Gasteiger partial charge on any atom is 0.157 e. The summed E-state index contributed by atoms with van der Waals surface area (Å²) in [6.45, 7) is 0. The lowest BCUT2D eigenvalue weighted by Crippen LogP contribution is -2.39. The number of fused-ring (bicyclic) bond motifs is 1. The molecule has 2 aliphatic carbocycles. The summed E-state index contributed by atoms with van der Waals surface area (Å²) >= 11 is 0. The third-order valence-electron chi connectivity index (χ3n) is 3.13. The van der Waals surface area contributed by atoms with Gasteiger partial charge in [0.2, 0.25) is 0 Å². The Balaban J connectivity index is 2.39. The second-order valence-electron chi connectivity index (χ2n) is 3.98. The smallest absolute Gasteiger partial charge is 0.157 e. The average molecular weight is 218 g/mol. The highest BCUT2D eigenvalue weighted by Gasteiger charge is 2.51. The van der Waals surface area contributed by atoms with Crippen molar-refractivity contribution in [2.75, 3.05) is 0 Å². The van der Waals surface area contributed by atoms with E-state index in [1.165, 1.54) is 0 Å². The summed E-state index contributed by atoms with van der Waals surface area (Å²) in [5, 5.41) is 35.5. The van der Waals surface area contributed by atoms with Gasteiger partial charge in [-0.3, -0.25) is 0 Å². The van der Waals surface area contributed by atoms with Crippen LogP contribution in [0.15, 0.2) is 34.9 Å². The molecule has 0 radical (unpaired) electrons. The molecule has 4 heteroatoms. The van der Waals surface area contributed by atoms with Gasteiger partial charge in [-0.25, -0.2) is 0 Å². The van der Waals surface area contributed by atoms with E-state index >= 15 is 0 Å². The van der Waals surface area contributed by atoms with Gasteiger partial charge in [-0.2, -0.15) is 21.0 Å². The molecule has 78 valence electrons. The molecule has 0 saturated heterocycles. The first-order valence-electron chi connectivity index (χ1n) is 4.96. The molecule has 1 fully saturated rings. The van der Waals surface area contributed by atoms with Crippen LogP contribution in [0.3, 0.4) is 0 Å². The van der Waals surface area contributed by atoms with Crippen molar-refractivity contribution in [3.8, 4) is 24.3 Å². The van der Waals surface area contributed by atoms with E-state index in [2.05, 4.69) is 0 Å². The molecule has 1 saturated carbocycles. The number of rotatable bonds is 0. The molecule has 1 unspecified atom stereocenters. The number of hydrogen-bond donors (Lipinski definition) is 0. The SMILES string of the molecule is N#CC(C#N)=C1C=CC2C(=C1)CC2(C#N)C#N. The fourth-order valence-corrected chi connectivity index (χ4v) is 2.16. The molecule has 1 atom stereocenters. The molecule has 0 aliphatic heterocycles. The average Bonchev–Trinajstić information content (AvgIpc) is 2.34. The first kappa shape index (κ1) is 10.7. The van der Waals surface area contributed by atoms with Crippen LogP contribution in [-0.4, -0.2) is 0 Å². The van der Waals surface area contributed by atoms with Crippen LogP contribution >= 0.6 is 0 Å². The van der Waals surface area contributed by atoms with Crippen molar-refractivity contribution >= 4 is 0 Å². The van der Waals surface area contributed by atoms with E-state index in [4.69, 9.17) is 21.0 Å². The van der Waals surface area contributed by atoms with Crippen LogP contribution in [0, 0.1) is 56.7 Å². The molecular weight excluding hydrogens is 212 g/mol. The van der Waals surface area contributed by atoms with E-state index in [0.717, 1.165) is 5.57 Å². The molecule has 0 bridgehead atoms. The second-order valence-corrected chi connectivity index (χ2v) is 3.98. The molecule has 0 aromatic carbocycles. The lowest BCUT2D eigenvalue weighted by atomic mass is 9.57. The van der Waals surface area contributed by atoms with Crippen molar-refractivity contribution in [1.29, 1.82) is 21.0 Å². The Morgan fingerprint density at radius 1 is 1.18 bits per heavy atom. The minimum atomic E-state index is -0.965. The van der Waals surface area contributed by atoms with Gasteiger partial charge in [-0.1, -0.05) is 23.8 Å². The van der Waals surface area contributed by atoms with Crippen molar-refractivity contribution in [2.45, 2.75) is 6.42 Å². The molecular formula is C13H6N4. The first-order valence-corrected chi connectivity index (χ1v) is 4.96. The molecule has 0 aromatic heterocycles. The number of nitriles is 4. The first-order chi connectivity index (χ1) is 8.20. The summed E-state index contributed by atoms with van der Waals surface area (Å²) < 4.78 is 0. The van der Waals surface area contributed by atoms with Gasteiger partial charge in [0, 0.05) is 17.9 Å². The lowest BCUT2D eigenvalue weighted by Gasteiger charge is -2.41. The van der Waals surface area contributed by atoms with Gasteiger partial charge in [0.25, 0.3) is 0 Å². The summed E-state index contributed by atoms with van der Waals surface area (Å²) in [5.74, 6) is -0.195. The lowest BCUT2D eigenvalue weighted by molar-refractivity contribution is 0.309. The maximum atomic E-state index is 8.99. The quantitative estimate of drug-likeness (QED) is 0.580. The van der Waals surface area contributed by atoms with Gasteiger partial charge < -0.3 is 0 Å². The zero-order valence-electron chi connectivity index (χ0n) is 8.81. The third-order valence-corrected chi connectivity index (χ3v) is 3.13. The van der Waals surface area contributed by atoms with Crippen LogP contribution in [0.2, 0.25) is 0 Å². The Kier molecular flexibility index (Phi) is 2.29. The molecule has 0 heterocycles. The Labute approximate surface area is 98.6 Å². The van der Waals surface area contributed by atoms with E-state index < -0.39 is 5.41 Å². The van der Waals surface area contributed by atoms with E-state index in [9.17, 15) is 0 Å². The molecule has 0 amide bonds. The molecule has 17 heavy (non-hydrogen) atoms. The largest absolute Gasteiger partial charge is 0.197 e. The number of hydrogen-bond acceptors (Lipinski definition) is 4. The monoisotopic (exact) mass is 218 g/mol. The Morgan fingerprint density at radius 2 is 1.82 bits per heavy atom. The Hall–Kier alpha value is -2.82. The van der Waals surface area contributed by atoms with Crippen molar-refractivity contribution in [2.24, 2.45) is 11.3 Å². The normalized spacial score (nSPS) is 22.7. The van der Waals surface area contributed by atoms with Crippen LogP contribution in [0.5, 0.6) is 0 Å². The highest BCUT2D eigenvalue weighted by atomic mass is 14.5. The fraction of sp³-hybridized carbons (Fsp3) is 0.231. The minimum absolute atomic E-state index is 0.0543. The van der Waals surface area contributed by atoms with Gasteiger partial charge in [-0.05, 0) is 0 Å². The highest BCUT2D eigenvalue weighted by Crippen LogP contribution is 2.53. The molecule has 2 aliphatic rings. The summed E-state index contributed by atoms with van der Waals surface area (Å²) in [5.41, 5.74) is 0.589. The van der Waals surface area contributed by atoms with Crippen molar-refractivity contribution < 1.29 is 0 Å². The van der Waals surface area contributed by atoms with Gasteiger partial charge in [0.1, 0.15) is 17.7 Å². The highest BCUT2D eigenvalue weighted by molar-refractivity contribution is 5.57. The second kappa shape index (κ2) is 3.64. The molecule has 0 aromatic rings. The van der Waals surface area contributed by atoms with E-state index in [1.54, 1.807) is 18.2 Å². The van der Waals surface area contributed by atoms with E-state index in [1.807, 2.05) is 24.3 Å². The van der Waals surface area contributed by atoms with Crippen LogP contribution in [0.1, 0.15) is 6.42 Å². The summed E-state index contributed by atoms with van der Waals surface area (Å²) in [6, 6.07) is 7.72. The van der Waals surface area contributed by atoms with Gasteiger partial charge >= 0.3 is 0 Å². The minimum Gasteiger partial charge on any atom is -0.197 e. The molecule has 2 rings (SSSR count). The van der Waals surface area contributed by atoms with Crippen LogP contribution in [0.4, 0.5) is 0 Å². The Morgan fingerprint density at radius 3 is 2.29 bits per heavy atom. The van der Waals surface area contributed by atoms with Gasteiger partial charge in [-0.15, -0.1) is 0 Å². The number of allylic oxidation sites excluding steroid dienone is 6. The number of nitrogens with zero attached hydrogens (tertiary/aromatic N) is 4. The van der Waals surface area contributed by atoms with Gasteiger partial charge in [0.15, 0.2) is 5.41 Å². The summed E-state index contributed by atoms with van der Waals surface area (Å²) in [6.07, 6.45) is 5.50. The van der Waals surface area contributed by atoms with E-state index in [0.29, 0.717) is 12.0 Å². The molecule has 0 spiro atoms. The fourth-order valence-electron chi connectivity index (χ4n) is 2.16. The van der Waals surface area contributed by atoms with Crippen molar-refractivity contribution in [1.82, 2.24) is 0 Å². The third kappa shape index (κ3) is 1.33. The maximum absolute atomic E-state index is 8.99. The van der Waals surface area contributed by atoms with Crippen LogP contribution in [0.25, 0.3) is 0 Å². The van der Waals surface area contributed by atoms with Crippen molar-refractivity contribution in [3.05, 3.63) is 34.9 Å². The Bertz CT molecular complexity index is 605.